The van der Waals surface area contributed by atoms with Crippen molar-refractivity contribution in [2.45, 2.75) is 53.0 Å². The Morgan fingerprint density at radius 1 is 1.25 bits per heavy atom. The fourth-order valence-corrected chi connectivity index (χ4v) is 2.34. The Balaban J connectivity index is 2.90. The zero-order chi connectivity index (χ0) is 15.3. The molecule has 2 atom stereocenters. The molecule has 4 heteroatoms. The zero-order valence-corrected chi connectivity index (χ0v) is 12.9. The maximum Gasteiger partial charge on any atom is 0.228 e. The van der Waals surface area contributed by atoms with Crippen LogP contribution in [0.2, 0.25) is 0 Å². The van der Waals surface area contributed by atoms with Gasteiger partial charge in [-0.2, -0.15) is 0 Å². The van der Waals surface area contributed by atoms with Gasteiger partial charge in [0.1, 0.15) is 0 Å². The summed E-state index contributed by atoms with van der Waals surface area (Å²) in [5.74, 6) is -0.369. The molecule has 4 nitrogen and oxygen atoms in total. The van der Waals surface area contributed by atoms with Gasteiger partial charge in [-0.05, 0) is 36.5 Å². The van der Waals surface area contributed by atoms with Gasteiger partial charge in [-0.3, -0.25) is 14.6 Å². The second-order valence-electron chi connectivity index (χ2n) is 6.16. The number of nitrogens with one attached hydrogen (secondary N) is 1. The monoisotopic (exact) mass is 276 g/mol. The maximum atomic E-state index is 12.5. The highest BCUT2D eigenvalue weighted by atomic mass is 16.2. The van der Waals surface area contributed by atoms with Crippen molar-refractivity contribution in [2.75, 3.05) is 0 Å². The molecular formula is C16H24N2O2. The minimum absolute atomic E-state index is 0.0181. The number of hydrogen-bond acceptors (Lipinski definition) is 3. The lowest BCUT2D eigenvalue weighted by atomic mass is 9.84. The van der Waals surface area contributed by atoms with E-state index in [1.165, 1.54) is 6.92 Å². The van der Waals surface area contributed by atoms with E-state index in [1.54, 1.807) is 12.4 Å². The highest BCUT2D eigenvalue weighted by molar-refractivity contribution is 5.90. The van der Waals surface area contributed by atoms with E-state index in [-0.39, 0.29) is 23.0 Å². The van der Waals surface area contributed by atoms with Gasteiger partial charge < -0.3 is 5.32 Å². The molecule has 1 aromatic rings. The molecule has 0 bridgehead atoms. The highest BCUT2D eigenvalue weighted by Crippen LogP contribution is 2.23. The third-order valence-electron chi connectivity index (χ3n) is 3.39. The van der Waals surface area contributed by atoms with Gasteiger partial charge >= 0.3 is 0 Å². The number of aromatic nitrogens is 1. The Labute approximate surface area is 121 Å². The molecule has 0 spiro atoms. The quantitative estimate of drug-likeness (QED) is 0.899. The lowest BCUT2D eigenvalue weighted by Crippen LogP contribution is -2.49. The SMILES string of the molecule is CC[C@H](C(=O)NC(C(C)=O)C(C)(C)C)c1ccncc1. The van der Waals surface area contributed by atoms with Crippen molar-refractivity contribution in [1.82, 2.24) is 10.3 Å². The highest BCUT2D eigenvalue weighted by Gasteiger charge is 2.32. The lowest BCUT2D eigenvalue weighted by Gasteiger charge is -2.30. The third-order valence-corrected chi connectivity index (χ3v) is 3.39. The molecule has 1 rings (SSSR count). The number of amides is 1. The van der Waals surface area contributed by atoms with Gasteiger partial charge in [-0.25, -0.2) is 0 Å². The Morgan fingerprint density at radius 3 is 2.20 bits per heavy atom. The number of rotatable bonds is 5. The van der Waals surface area contributed by atoms with E-state index in [1.807, 2.05) is 39.8 Å². The molecule has 110 valence electrons. The number of carbonyl (C=O) groups excluding carboxylic acids is 2. The molecule has 0 aliphatic rings. The third kappa shape index (κ3) is 4.15. The van der Waals surface area contributed by atoms with Gasteiger partial charge in [0.05, 0.1) is 12.0 Å². The number of nitrogens with zero attached hydrogens (tertiary/aromatic N) is 1. The number of Topliss-reactive ketones (excluding diaryl/α,β-unsaturated/α-hetero) is 1. The minimum Gasteiger partial charge on any atom is -0.345 e. The van der Waals surface area contributed by atoms with E-state index in [4.69, 9.17) is 0 Å². The molecule has 1 N–H and O–H groups in total. The van der Waals surface area contributed by atoms with Crippen LogP contribution in [-0.2, 0) is 9.59 Å². The average molecular weight is 276 g/mol. The van der Waals surface area contributed by atoms with Crippen LogP contribution in [0.25, 0.3) is 0 Å². The van der Waals surface area contributed by atoms with E-state index in [0.29, 0.717) is 6.42 Å². The smallest absolute Gasteiger partial charge is 0.228 e. The fourth-order valence-electron chi connectivity index (χ4n) is 2.34. The predicted octanol–water partition coefficient (Wildman–Crippen LogP) is 2.70. The summed E-state index contributed by atoms with van der Waals surface area (Å²) in [4.78, 5) is 28.2. The second-order valence-corrected chi connectivity index (χ2v) is 6.16. The van der Waals surface area contributed by atoms with Gasteiger partial charge in [0.2, 0.25) is 5.91 Å². The molecule has 0 saturated heterocycles. The summed E-state index contributed by atoms with van der Waals surface area (Å²) >= 11 is 0. The van der Waals surface area contributed by atoms with Crippen molar-refractivity contribution in [3.63, 3.8) is 0 Å². The van der Waals surface area contributed by atoms with Crippen LogP contribution in [0.1, 0.15) is 52.5 Å². The molecule has 1 heterocycles. The van der Waals surface area contributed by atoms with Crippen LogP contribution in [0.4, 0.5) is 0 Å². The molecule has 20 heavy (non-hydrogen) atoms. The van der Waals surface area contributed by atoms with Crippen LogP contribution in [0.5, 0.6) is 0 Å². The Hall–Kier alpha value is -1.71. The molecule has 1 amide bonds. The molecular weight excluding hydrogens is 252 g/mol. The molecule has 0 aliphatic heterocycles. The molecule has 0 fully saturated rings. The summed E-state index contributed by atoms with van der Waals surface area (Å²) in [5, 5.41) is 2.90. The van der Waals surface area contributed by atoms with Crippen molar-refractivity contribution >= 4 is 11.7 Å². The van der Waals surface area contributed by atoms with Crippen molar-refractivity contribution in [1.29, 1.82) is 0 Å². The molecule has 1 aromatic heterocycles. The summed E-state index contributed by atoms with van der Waals surface area (Å²) in [6.45, 7) is 9.33. The maximum absolute atomic E-state index is 12.5. The average Bonchev–Trinajstić information content (AvgIpc) is 2.36. The second kappa shape index (κ2) is 6.64. The fraction of sp³-hybridized carbons (Fsp3) is 0.562. The summed E-state index contributed by atoms with van der Waals surface area (Å²) in [6.07, 6.45) is 4.04. The summed E-state index contributed by atoms with van der Waals surface area (Å²) in [7, 11) is 0. The minimum atomic E-state index is -0.467. The van der Waals surface area contributed by atoms with E-state index >= 15 is 0 Å². The van der Waals surface area contributed by atoms with Crippen molar-refractivity contribution < 1.29 is 9.59 Å². The van der Waals surface area contributed by atoms with Gasteiger partial charge in [-0.15, -0.1) is 0 Å². The van der Waals surface area contributed by atoms with Crippen molar-refractivity contribution in [3.8, 4) is 0 Å². The van der Waals surface area contributed by atoms with Gasteiger partial charge in [-0.1, -0.05) is 27.7 Å². The van der Waals surface area contributed by atoms with Gasteiger partial charge in [0.25, 0.3) is 0 Å². The summed E-state index contributed by atoms with van der Waals surface area (Å²) < 4.78 is 0. The predicted molar refractivity (Wildman–Crippen MR) is 79.3 cm³/mol. The van der Waals surface area contributed by atoms with E-state index < -0.39 is 6.04 Å². The zero-order valence-electron chi connectivity index (χ0n) is 12.9. The standard InChI is InChI=1S/C16H24N2O2/c1-6-13(12-7-9-17-10-8-12)15(20)18-14(11(2)19)16(3,4)5/h7-10,13-14H,6H2,1-5H3,(H,18,20)/t13-,14?/m0/s1. The topological polar surface area (TPSA) is 59.1 Å². The van der Waals surface area contributed by atoms with Crippen LogP contribution in [0, 0.1) is 5.41 Å². The normalized spacial score (nSPS) is 14.4. The summed E-state index contributed by atoms with van der Waals surface area (Å²) in [6, 6.07) is 3.21. The van der Waals surface area contributed by atoms with Crippen LogP contribution in [-0.4, -0.2) is 22.7 Å². The number of ketones is 1. The first-order valence-corrected chi connectivity index (χ1v) is 6.98. The number of carbonyl (C=O) groups is 2. The van der Waals surface area contributed by atoms with E-state index in [9.17, 15) is 9.59 Å². The lowest BCUT2D eigenvalue weighted by molar-refractivity contribution is -0.130. The van der Waals surface area contributed by atoms with Crippen LogP contribution in [0.3, 0.4) is 0 Å². The van der Waals surface area contributed by atoms with Crippen molar-refractivity contribution in [2.24, 2.45) is 5.41 Å². The first-order chi connectivity index (χ1) is 9.27. The Bertz CT molecular complexity index is 463. The van der Waals surface area contributed by atoms with Crippen LogP contribution >= 0.6 is 0 Å². The van der Waals surface area contributed by atoms with E-state index in [0.717, 1.165) is 5.56 Å². The Kier molecular flexibility index (Phi) is 5.43. The molecule has 0 aromatic carbocycles. The number of pyridine rings is 1. The van der Waals surface area contributed by atoms with Crippen molar-refractivity contribution in [3.05, 3.63) is 30.1 Å². The van der Waals surface area contributed by atoms with E-state index in [2.05, 4.69) is 10.3 Å². The first kappa shape index (κ1) is 16.3. The Morgan fingerprint density at radius 2 is 1.80 bits per heavy atom. The van der Waals surface area contributed by atoms with Gasteiger partial charge in [0, 0.05) is 12.4 Å². The van der Waals surface area contributed by atoms with Crippen LogP contribution < -0.4 is 5.32 Å². The largest absolute Gasteiger partial charge is 0.345 e. The van der Waals surface area contributed by atoms with Gasteiger partial charge in [0.15, 0.2) is 5.78 Å². The molecule has 0 saturated carbocycles. The molecule has 0 aliphatic carbocycles. The number of hydrogen-bond donors (Lipinski definition) is 1. The summed E-state index contributed by atoms with van der Waals surface area (Å²) in [5.41, 5.74) is 0.633. The molecule has 1 unspecified atom stereocenters. The molecule has 0 radical (unpaired) electrons. The first-order valence-electron chi connectivity index (χ1n) is 6.98. The van der Waals surface area contributed by atoms with Crippen LogP contribution in [0.15, 0.2) is 24.5 Å².